The summed E-state index contributed by atoms with van der Waals surface area (Å²) in [5, 5.41) is 22.4. The predicted molar refractivity (Wildman–Crippen MR) is 129 cm³/mol. The van der Waals surface area contributed by atoms with E-state index in [1.54, 1.807) is 36.4 Å². The predicted octanol–water partition coefficient (Wildman–Crippen LogP) is 6.52. The van der Waals surface area contributed by atoms with Crippen LogP contribution in [0, 0.1) is 6.92 Å². The maximum absolute atomic E-state index is 12.6. The standard InChI is InChI=1S/C24H18Cl2N4O3/c1-14-6-9-16(10-7-14)27-21(31)13-30-20-5-3-2-4-18(20)22(24(30)33)28-29-23(32)17-11-8-15(25)12-19(17)26/h2-12,33H,13H2,1H3,(H,27,31). The number of hydrogen-bond acceptors (Lipinski definition) is 4. The molecule has 33 heavy (non-hydrogen) atoms. The molecule has 9 heteroatoms. The summed E-state index contributed by atoms with van der Waals surface area (Å²) in [4.78, 5) is 25.1. The topological polar surface area (TPSA) is 96.1 Å². The number of hydrogen-bond donors (Lipinski definition) is 2. The van der Waals surface area contributed by atoms with Gasteiger partial charge < -0.3 is 15.0 Å². The third-order valence-corrected chi connectivity index (χ3v) is 5.50. The molecule has 1 heterocycles. The van der Waals surface area contributed by atoms with Crippen molar-refractivity contribution in [3.8, 4) is 5.88 Å². The van der Waals surface area contributed by atoms with Crippen molar-refractivity contribution in [2.75, 3.05) is 5.32 Å². The summed E-state index contributed by atoms with van der Waals surface area (Å²) < 4.78 is 1.41. The van der Waals surface area contributed by atoms with Crippen molar-refractivity contribution < 1.29 is 14.7 Å². The van der Waals surface area contributed by atoms with E-state index >= 15 is 0 Å². The van der Waals surface area contributed by atoms with Gasteiger partial charge in [0.15, 0.2) is 5.69 Å². The molecular formula is C24H18Cl2N4O3. The maximum Gasteiger partial charge on any atom is 0.296 e. The second-order valence-corrected chi connectivity index (χ2v) is 8.16. The lowest BCUT2D eigenvalue weighted by Gasteiger charge is -2.08. The van der Waals surface area contributed by atoms with Gasteiger partial charge in [-0.2, -0.15) is 0 Å². The van der Waals surface area contributed by atoms with Crippen molar-refractivity contribution in [3.05, 3.63) is 87.9 Å². The van der Waals surface area contributed by atoms with Gasteiger partial charge in [0, 0.05) is 16.1 Å². The summed E-state index contributed by atoms with van der Waals surface area (Å²) in [6.45, 7) is 1.80. The van der Waals surface area contributed by atoms with Crippen LogP contribution in [0.3, 0.4) is 0 Å². The quantitative estimate of drug-likeness (QED) is 0.318. The minimum atomic E-state index is -0.690. The first-order chi connectivity index (χ1) is 15.8. The van der Waals surface area contributed by atoms with E-state index in [-0.39, 0.29) is 34.6 Å². The minimum Gasteiger partial charge on any atom is -0.493 e. The number of aryl methyl sites for hydroxylation is 1. The first-order valence-electron chi connectivity index (χ1n) is 9.91. The number of rotatable bonds is 5. The zero-order valence-electron chi connectivity index (χ0n) is 17.4. The highest BCUT2D eigenvalue weighted by molar-refractivity contribution is 6.36. The molecule has 0 aliphatic rings. The Kier molecular flexibility index (Phi) is 6.44. The molecule has 0 unspecified atom stereocenters. The van der Waals surface area contributed by atoms with Crippen molar-refractivity contribution >= 4 is 57.3 Å². The van der Waals surface area contributed by atoms with Gasteiger partial charge in [0.25, 0.3) is 5.91 Å². The average Bonchev–Trinajstić information content (AvgIpc) is 3.04. The lowest BCUT2D eigenvalue weighted by molar-refractivity contribution is -0.116. The monoisotopic (exact) mass is 480 g/mol. The lowest BCUT2D eigenvalue weighted by Crippen LogP contribution is -2.18. The normalized spacial score (nSPS) is 11.2. The number of nitrogens with one attached hydrogen (secondary N) is 1. The van der Waals surface area contributed by atoms with Crippen LogP contribution < -0.4 is 5.32 Å². The fourth-order valence-electron chi connectivity index (χ4n) is 3.32. The van der Waals surface area contributed by atoms with Crippen LogP contribution >= 0.6 is 23.2 Å². The number of nitrogens with zero attached hydrogens (tertiary/aromatic N) is 3. The van der Waals surface area contributed by atoms with E-state index < -0.39 is 5.91 Å². The van der Waals surface area contributed by atoms with E-state index in [0.717, 1.165) is 5.56 Å². The van der Waals surface area contributed by atoms with Crippen LogP contribution in [0.1, 0.15) is 15.9 Å². The molecule has 0 aliphatic carbocycles. The zero-order valence-corrected chi connectivity index (χ0v) is 18.9. The van der Waals surface area contributed by atoms with Crippen LogP contribution in [0.2, 0.25) is 10.0 Å². The second kappa shape index (κ2) is 9.44. The van der Waals surface area contributed by atoms with Gasteiger partial charge in [-0.3, -0.25) is 9.59 Å². The highest BCUT2D eigenvalue weighted by Gasteiger charge is 2.19. The number of carbonyl (C=O) groups is 2. The molecule has 0 spiro atoms. The van der Waals surface area contributed by atoms with Gasteiger partial charge in [0.1, 0.15) is 6.54 Å². The third-order valence-electron chi connectivity index (χ3n) is 4.96. The summed E-state index contributed by atoms with van der Waals surface area (Å²) in [5.41, 5.74) is 2.50. The molecule has 0 fully saturated rings. The molecule has 0 saturated heterocycles. The van der Waals surface area contributed by atoms with E-state index in [1.807, 2.05) is 19.1 Å². The van der Waals surface area contributed by atoms with Crippen LogP contribution in [0.15, 0.2) is 77.0 Å². The number of aromatic hydroxyl groups is 1. The molecule has 0 atom stereocenters. The molecule has 0 bridgehead atoms. The summed E-state index contributed by atoms with van der Waals surface area (Å²) in [5.74, 6) is -1.30. The molecule has 2 N–H and O–H groups in total. The molecule has 7 nitrogen and oxygen atoms in total. The van der Waals surface area contributed by atoms with Crippen LogP contribution in [-0.4, -0.2) is 21.5 Å². The number of halogens is 2. The number of amides is 2. The highest BCUT2D eigenvalue weighted by Crippen LogP contribution is 2.39. The molecule has 4 aromatic rings. The van der Waals surface area contributed by atoms with E-state index in [1.165, 1.54) is 22.8 Å². The van der Waals surface area contributed by atoms with Gasteiger partial charge in [-0.25, -0.2) is 0 Å². The highest BCUT2D eigenvalue weighted by atomic mass is 35.5. The summed E-state index contributed by atoms with van der Waals surface area (Å²) in [6, 6.07) is 18.8. The lowest BCUT2D eigenvalue weighted by atomic mass is 10.2. The van der Waals surface area contributed by atoms with Gasteiger partial charge in [-0.15, -0.1) is 10.2 Å². The van der Waals surface area contributed by atoms with Gasteiger partial charge in [0.2, 0.25) is 11.8 Å². The van der Waals surface area contributed by atoms with Crippen molar-refractivity contribution in [2.45, 2.75) is 13.5 Å². The van der Waals surface area contributed by atoms with E-state index in [9.17, 15) is 14.7 Å². The van der Waals surface area contributed by atoms with E-state index in [0.29, 0.717) is 21.6 Å². The molecule has 4 rings (SSSR count). The molecule has 3 aromatic carbocycles. The third kappa shape index (κ3) is 4.89. The summed E-state index contributed by atoms with van der Waals surface area (Å²) in [6.07, 6.45) is 0. The first-order valence-corrected chi connectivity index (χ1v) is 10.7. The van der Waals surface area contributed by atoms with E-state index in [2.05, 4.69) is 15.5 Å². The molecule has 0 aliphatic heterocycles. The Labute approximate surface area is 199 Å². The smallest absolute Gasteiger partial charge is 0.296 e. The van der Waals surface area contributed by atoms with Crippen molar-refractivity contribution in [3.63, 3.8) is 0 Å². The number of benzene rings is 3. The number of anilines is 1. The van der Waals surface area contributed by atoms with Gasteiger partial charge in [-0.05, 0) is 43.3 Å². The zero-order chi connectivity index (χ0) is 23.5. The largest absolute Gasteiger partial charge is 0.493 e. The molecule has 1 aromatic heterocycles. The number of carbonyl (C=O) groups excluding carboxylic acids is 2. The van der Waals surface area contributed by atoms with Gasteiger partial charge >= 0.3 is 0 Å². The summed E-state index contributed by atoms with van der Waals surface area (Å²) >= 11 is 11.9. The molecule has 0 saturated carbocycles. The Morgan fingerprint density at radius 3 is 2.48 bits per heavy atom. The Bertz CT molecular complexity index is 1400. The molecular weight excluding hydrogens is 463 g/mol. The fraction of sp³-hybridized carbons (Fsp3) is 0.0833. The SMILES string of the molecule is Cc1ccc(NC(=O)Cn2c(O)c(N=NC(=O)c3ccc(Cl)cc3Cl)c3ccccc32)cc1. The number of azo groups is 1. The summed E-state index contributed by atoms with van der Waals surface area (Å²) in [7, 11) is 0. The van der Waals surface area contributed by atoms with Crippen LogP contribution in [0.5, 0.6) is 5.88 Å². The van der Waals surface area contributed by atoms with Crippen molar-refractivity contribution in [1.82, 2.24) is 4.57 Å². The van der Waals surface area contributed by atoms with Crippen LogP contribution in [0.4, 0.5) is 11.4 Å². The van der Waals surface area contributed by atoms with Crippen LogP contribution in [0.25, 0.3) is 10.9 Å². The molecule has 166 valence electrons. The van der Waals surface area contributed by atoms with Gasteiger partial charge in [0.05, 0.1) is 16.1 Å². The second-order valence-electron chi connectivity index (χ2n) is 7.32. The van der Waals surface area contributed by atoms with Crippen LogP contribution in [-0.2, 0) is 11.3 Å². The number of aromatic nitrogens is 1. The number of fused-ring (bicyclic) bond motifs is 1. The molecule has 2 amide bonds. The Morgan fingerprint density at radius 2 is 1.76 bits per heavy atom. The van der Waals surface area contributed by atoms with Gasteiger partial charge in [-0.1, -0.05) is 59.1 Å². The Balaban J connectivity index is 1.62. The molecule has 0 radical (unpaired) electrons. The Morgan fingerprint density at radius 1 is 1.03 bits per heavy atom. The minimum absolute atomic E-state index is 0.0761. The number of para-hydroxylation sites is 1. The Hall–Kier alpha value is -3.68. The average molecular weight is 481 g/mol. The van der Waals surface area contributed by atoms with Crippen molar-refractivity contribution in [2.24, 2.45) is 10.2 Å². The fourth-order valence-corrected chi connectivity index (χ4v) is 3.81. The maximum atomic E-state index is 12.6. The van der Waals surface area contributed by atoms with E-state index in [4.69, 9.17) is 23.2 Å². The first kappa shape index (κ1) is 22.5. The van der Waals surface area contributed by atoms with Crippen molar-refractivity contribution in [1.29, 1.82) is 0 Å².